The summed E-state index contributed by atoms with van der Waals surface area (Å²) < 4.78 is 5.29. The van der Waals surface area contributed by atoms with Crippen LogP contribution >= 0.6 is 0 Å². The van der Waals surface area contributed by atoms with Crippen LogP contribution in [0.1, 0.15) is 44.9 Å². The number of carbonyl (C=O) groups is 1. The van der Waals surface area contributed by atoms with Crippen molar-refractivity contribution in [3.05, 3.63) is 24.2 Å². The zero-order valence-electron chi connectivity index (χ0n) is 10.5. The zero-order valence-corrected chi connectivity index (χ0v) is 10.5. The Hall–Kier alpha value is -1.29. The molecule has 1 saturated heterocycles. The molecule has 2 N–H and O–H groups in total. The van der Waals surface area contributed by atoms with Crippen LogP contribution in [0.5, 0.6) is 0 Å². The zero-order chi connectivity index (χ0) is 12.3. The van der Waals surface area contributed by atoms with Crippen LogP contribution in [0.2, 0.25) is 0 Å². The van der Waals surface area contributed by atoms with Gasteiger partial charge in [0.05, 0.1) is 17.8 Å². The molecule has 0 aliphatic carbocycles. The second-order valence-corrected chi connectivity index (χ2v) is 4.68. The minimum atomic E-state index is -0.374. The van der Waals surface area contributed by atoms with E-state index in [-0.39, 0.29) is 17.5 Å². The predicted octanol–water partition coefficient (Wildman–Crippen LogP) is 1.99. The van der Waals surface area contributed by atoms with Gasteiger partial charge in [0.2, 0.25) is 5.91 Å². The average molecular weight is 236 g/mol. The van der Waals surface area contributed by atoms with Crippen LogP contribution in [-0.2, 0) is 4.79 Å². The lowest BCUT2D eigenvalue weighted by atomic mass is 9.93. The molecule has 0 spiro atoms. The second kappa shape index (κ2) is 4.92. The second-order valence-electron chi connectivity index (χ2n) is 4.68. The molecule has 1 unspecified atom stereocenters. The number of rotatable bonds is 4. The Kier molecular flexibility index (Phi) is 3.52. The van der Waals surface area contributed by atoms with Gasteiger partial charge in [0.25, 0.3) is 0 Å². The van der Waals surface area contributed by atoms with Crippen molar-refractivity contribution < 1.29 is 9.21 Å². The summed E-state index contributed by atoms with van der Waals surface area (Å²) in [6.07, 6.45) is 4.43. The Labute approximate surface area is 102 Å². The van der Waals surface area contributed by atoms with Gasteiger partial charge in [0.15, 0.2) is 0 Å². The minimum Gasteiger partial charge on any atom is -0.467 e. The van der Waals surface area contributed by atoms with E-state index in [1.807, 2.05) is 19.1 Å². The predicted molar refractivity (Wildman–Crippen MR) is 65.5 cm³/mol. The van der Waals surface area contributed by atoms with Crippen molar-refractivity contribution in [1.82, 2.24) is 10.6 Å². The summed E-state index contributed by atoms with van der Waals surface area (Å²) in [5, 5.41) is 6.35. The molecule has 0 bridgehead atoms. The Morgan fingerprint density at radius 2 is 2.53 bits per heavy atom. The van der Waals surface area contributed by atoms with Gasteiger partial charge < -0.3 is 15.1 Å². The topological polar surface area (TPSA) is 54.3 Å². The van der Waals surface area contributed by atoms with Gasteiger partial charge in [-0.15, -0.1) is 0 Å². The number of amides is 1. The summed E-state index contributed by atoms with van der Waals surface area (Å²) in [6, 6.07) is 3.64. The first-order valence-electron chi connectivity index (χ1n) is 6.27. The molecular formula is C13H20N2O2. The third-order valence-electron chi connectivity index (χ3n) is 3.60. The Bertz CT molecular complexity index is 367. The van der Waals surface area contributed by atoms with Crippen molar-refractivity contribution in [2.24, 2.45) is 0 Å². The van der Waals surface area contributed by atoms with Gasteiger partial charge in [-0.2, -0.15) is 0 Å². The van der Waals surface area contributed by atoms with Gasteiger partial charge in [-0.05, 0) is 44.9 Å². The van der Waals surface area contributed by atoms with Crippen LogP contribution in [0.15, 0.2) is 22.8 Å². The van der Waals surface area contributed by atoms with E-state index in [4.69, 9.17) is 4.42 Å². The largest absolute Gasteiger partial charge is 0.467 e. The summed E-state index contributed by atoms with van der Waals surface area (Å²) in [4.78, 5) is 12.3. The van der Waals surface area contributed by atoms with Crippen molar-refractivity contribution in [3.8, 4) is 0 Å². The van der Waals surface area contributed by atoms with Crippen LogP contribution in [-0.4, -0.2) is 18.0 Å². The van der Waals surface area contributed by atoms with Crippen molar-refractivity contribution >= 4 is 5.91 Å². The third-order valence-corrected chi connectivity index (χ3v) is 3.60. The highest BCUT2D eigenvalue weighted by Crippen LogP contribution is 2.24. The molecule has 94 valence electrons. The quantitative estimate of drug-likeness (QED) is 0.840. The minimum absolute atomic E-state index is 0.0803. The number of nitrogens with one attached hydrogen (secondary N) is 2. The maximum Gasteiger partial charge on any atom is 0.240 e. The standard InChI is InChI=1S/C13H20N2O2/c1-3-13(7-5-8-14-13)12(16)15-10(2)11-6-4-9-17-11/h4,6,9-10,14H,3,5,7-8H2,1-2H3,(H,15,16)/t10-,13?/m0/s1. The molecule has 17 heavy (non-hydrogen) atoms. The van der Waals surface area contributed by atoms with Crippen LogP contribution in [0, 0.1) is 0 Å². The first-order chi connectivity index (χ1) is 8.18. The lowest BCUT2D eigenvalue weighted by molar-refractivity contribution is -0.128. The van der Waals surface area contributed by atoms with Gasteiger partial charge >= 0.3 is 0 Å². The van der Waals surface area contributed by atoms with Crippen molar-refractivity contribution in [3.63, 3.8) is 0 Å². The van der Waals surface area contributed by atoms with Crippen molar-refractivity contribution in [1.29, 1.82) is 0 Å². The Morgan fingerprint density at radius 1 is 1.71 bits per heavy atom. The molecule has 4 nitrogen and oxygen atoms in total. The molecular weight excluding hydrogens is 216 g/mol. The Balaban J connectivity index is 2.01. The van der Waals surface area contributed by atoms with E-state index in [0.717, 1.165) is 31.6 Å². The van der Waals surface area contributed by atoms with Gasteiger partial charge in [-0.1, -0.05) is 6.92 Å². The molecule has 1 amide bonds. The lowest BCUT2D eigenvalue weighted by Crippen LogP contribution is -2.53. The van der Waals surface area contributed by atoms with Gasteiger partial charge in [0.1, 0.15) is 5.76 Å². The number of furan rings is 1. The van der Waals surface area contributed by atoms with Crippen LogP contribution in [0.3, 0.4) is 0 Å². The maximum absolute atomic E-state index is 12.3. The Morgan fingerprint density at radius 3 is 3.06 bits per heavy atom. The molecule has 0 saturated carbocycles. The summed E-state index contributed by atoms with van der Waals surface area (Å²) in [5.41, 5.74) is -0.374. The fraction of sp³-hybridized carbons (Fsp3) is 0.615. The highest BCUT2D eigenvalue weighted by atomic mass is 16.3. The van der Waals surface area contributed by atoms with E-state index in [9.17, 15) is 4.79 Å². The molecule has 1 aliphatic rings. The van der Waals surface area contributed by atoms with E-state index in [1.165, 1.54) is 0 Å². The number of hydrogen-bond donors (Lipinski definition) is 2. The highest BCUT2D eigenvalue weighted by molar-refractivity contribution is 5.86. The molecule has 1 aromatic rings. The molecule has 4 heteroatoms. The lowest BCUT2D eigenvalue weighted by Gasteiger charge is -2.28. The summed E-state index contributed by atoms with van der Waals surface area (Å²) in [7, 11) is 0. The fourth-order valence-electron chi connectivity index (χ4n) is 2.41. The van der Waals surface area contributed by atoms with E-state index in [0.29, 0.717) is 0 Å². The van der Waals surface area contributed by atoms with E-state index >= 15 is 0 Å². The van der Waals surface area contributed by atoms with Gasteiger partial charge in [0, 0.05) is 0 Å². The smallest absolute Gasteiger partial charge is 0.240 e. The monoisotopic (exact) mass is 236 g/mol. The summed E-state index contributed by atoms with van der Waals surface area (Å²) >= 11 is 0. The molecule has 2 atom stereocenters. The van der Waals surface area contributed by atoms with Crippen molar-refractivity contribution in [2.45, 2.75) is 44.7 Å². The van der Waals surface area contributed by atoms with E-state index < -0.39 is 0 Å². The molecule has 1 aliphatic heterocycles. The van der Waals surface area contributed by atoms with Crippen LogP contribution in [0.25, 0.3) is 0 Å². The van der Waals surface area contributed by atoms with Crippen LogP contribution in [0.4, 0.5) is 0 Å². The SMILES string of the molecule is CCC1(C(=O)N[C@@H](C)c2ccco2)CCCN1. The molecule has 0 aromatic carbocycles. The normalized spacial score (nSPS) is 25.8. The molecule has 0 radical (unpaired) electrons. The van der Waals surface area contributed by atoms with Crippen molar-refractivity contribution in [2.75, 3.05) is 6.54 Å². The molecule has 1 fully saturated rings. The summed E-state index contributed by atoms with van der Waals surface area (Å²) in [5.74, 6) is 0.879. The maximum atomic E-state index is 12.3. The number of carbonyl (C=O) groups excluding carboxylic acids is 1. The molecule has 1 aromatic heterocycles. The van der Waals surface area contributed by atoms with Gasteiger partial charge in [-0.25, -0.2) is 0 Å². The van der Waals surface area contributed by atoms with Gasteiger partial charge in [-0.3, -0.25) is 4.79 Å². The molecule has 2 heterocycles. The van der Waals surface area contributed by atoms with Crippen LogP contribution < -0.4 is 10.6 Å². The van der Waals surface area contributed by atoms with E-state index in [2.05, 4.69) is 17.6 Å². The molecule has 2 rings (SSSR count). The first kappa shape index (κ1) is 12.2. The summed E-state index contributed by atoms with van der Waals surface area (Å²) in [6.45, 7) is 4.92. The average Bonchev–Trinajstić information content (AvgIpc) is 3.01. The first-order valence-corrected chi connectivity index (χ1v) is 6.27. The third kappa shape index (κ3) is 2.36. The highest BCUT2D eigenvalue weighted by Gasteiger charge is 2.39. The van der Waals surface area contributed by atoms with E-state index in [1.54, 1.807) is 6.26 Å². The number of hydrogen-bond acceptors (Lipinski definition) is 3. The fourth-order valence-corrected chi connectivity index (χ4v) is 2.41.